The van der Waals surface area contributed by atoms with E-state index in [1.54, 1.807) is 0 Å². The molecule has 3 aliphatic rings. The lowest BCUT2D eigenvalue weighted by atomic mass is 9.66. The molecule has 0 amide bonds. The number of fused-ring (bicyclic) bond motifs is 2. The number of hydrogen-bond donors (Lipinski definition) is 0. The molecule has 3 saturated carbocycles. The van der Waals surface area contributed by atoms with Gasteiger partial charge in [-0.05, 0) is 69.1 Å². The van der Waals surface area contributed by atoms with Crippen molar-refractivity contribution in [3.63, 3.8) is 0 Å². The van der Waals surface area contributed by atoms with Gasteiger partial charge in [-0.1, -0.05) is 33.1 Å². The molecule has 0 aromatic heterocycles. The van der Waals surface area contributed by atoms with E-state index in [9.17, 15) is 10.1 Å². The van der Waals surface area contributed by atoms with Gasteiger partial charge in [-0.15, -0.1) is 0 Å². The van der Waals surface area contributed by atoms with Crippen LogP contribution in [0.4, 0.5) is 0 Å². The highest BCUT2D eigenvalue weighted by Crippen LogP contribution is 2.61. The van der Waals surface area contributed by atoms with Crippen LogP contribution in [0.2, 0.25) is 0 Å². The van der Waals surface area contributed by atoms with Gasteiger partial charge in [0.25, 0.3) is 0 Å². The summed E-state index contributed by atoms with van der Waals surface area (Å²) in [5.74, 6) is 1.97. The fourth-order valence-electron chi connectivity index (χ4n) is 5.66. The summed E-state index contributed by atoms with van der Waals surface area (Å²) in [6, 6.07) is 2.41. The smallest absolute Gasteiger partial charge is 0.327 e. The molecule has 3 aliphatic carbocycles. The molecular formula is C20H31NO2. The first-order valence-electron chi connectivity index (χ1n) is 9.46. The Bertz CT molecular complexity index is 512. The Labute approximate surface area is 140 Å². The van der Waals surface area contributed by atoms with E-state index in [4.69, 9.17) is 4.74 Å². The lowest BCUT2D eigenvalue weighted by Crippen LogP contribution is -2.47. The normalized spacial score (nSPS) is 40.8. The zero-order valence-electron chi connectivity index (χ0n) is 15.1. The van der Waals surface area contributed by atoms with Gasteiger partial charge in [0.15, 0.2) is 5.41 Å². The number of rotatable bonds is 3. The van der Waals surface area contributed by atoms with Crippen LogP contribution in [0.1, 0.15) is 72.6 Å². The van der Waals surface area contributed by atoms with Crippen molar-refractivity contribution in [3.8, 4) is 6.07 Å². The number of carbonyl (C=O) groups excluding carboxylic acids is 1. The van der Waals surface area contributed by atoms with Crippen LogP contribution in [0.3, 0.4) is 0 Å². The lowest BCUT2D eigenvalue weighted by Gasteiger charge is -2.41. The molecule has 5 unspecified atom stereocenters. The van der Waals surface area contributed by atoms with Gasteiger partial charge in [-0.25, -0.2) is 0 Å². The minimum atomic E-state index is -0.886. The van der Waals surface area contributed by atoms with E-state index in [0.29, 0.717) is 30.1 Å². The van der Waals surface area contributed by atoms with Crippen molar-refractivity contribution in [3.05, 3.63) is 0 Å². The van der Waals surface area contributed by atoms with E-state index >= 15 is 0 Å². The SMILES string of the molecule is CC1C2CC(C1C)C(C#N)(C(=O)OC(C)(C)C1CCCCC1)C2. The number of nitriles is 1. The van der Waals surface area contributed by atoms with E-state index in [2.05, 4.69) is 19.9 Å². The average Bonchev–Trinajstić information content (AvgIpc) is 3.06. The molecule has 128 valence electrons. The molecule has 0 heterocycles. The number of nitrogens with zero attached hydrogens (tertiary/aromatic N) is 1. The van der Waals surface area contributed by atoms with E-state index in [0.717, 1.165) is 19.3 Å². The van der Waals surface area contributed by atoms with Crippen LogP contribution in [0, 0.1) is 46.3 Å². The first-order chi connectivity index (χ1) is 10.8. The summed E-state index contributed by atoms with van der Waals surface area (Å²) in [7, 11) is 0. The van der Waals surface area contributed by atoms with Crippen molar-refractivity contribution in [2.75, 3.05) is 0 Å². The third kappa shape index (κ3) is 2.59. The summed E-state index contributed by atoms with van der Waals surface area (Å²) >= 11 is 0. The minimum Gasteiger partial charge on any atom is -0.458 e. The zero-order valence-corrected chi connectivity index (χ0v) is 15.1. The molecule has 3 fully saturated rings. The third-order valence-electron chi connectivity index (χ3n) is 7.49. The minimum absolute atomic E-state index is 0.183. The van der Waals surface area contributed by atoms with E-state index in [1.807, 2.05) is 13.8 Å². The summed E-state index contributed by atoms with van der Waals surface area (Å²) in [5.41, 5.74) is -1.33. The van der Waals surface area contributed by atoms with Gasteiger partial charge in [0.1, 0.15) is 5.60 Å². The van der Waals surface area contributed by atoms with Crippen molar-refractivity contribution in [1.82, 2.24) is 0 Å². The second-order valence-corrected chi connectivity index (χ2v) is 8.94. The summed E-state index contributed by atoms with van der Waals surface area (Å²) in [6.07, 6.45) is 7.76. The van der Waals surface area contributed by atoms with Gasteiger partial charge < -0.3 is 4.74 Å². The van der Waals surface area contributed by atoms with E-state index in [-0.39, 0.29) is 11.9 Å². The van der Waals surface area contributed by atoms with Gasteiger partial charge >= 0.3 is 5.97 Å². The predicted octanol–water partition coefficient (Wildman–Crippen LogP) is 4.71. The maximum absolute atomic E-state index is 13.1. The number of ether oxygens (including phenoxy) is 1. The molecule has 3 rings (SSSR count). The Morgan fingerprint density at radius 2 is 1.83 bits per heavy atom. The van der Waals surface area contributed by atoms with Crippen molar-refractivity contribution in [1.29, 1.82) is 5.26 Å². The summed E-state index contributed by atoms with van der Waals surface area (Å²) in [5, 5.41) is 9.87. The highest BCUT2D eigenvalue weighted by atomic mass is 16.6. The molecule has 2 bridgehead atoms. The van der Waals surface area contributed by atoms with Crippen LogP contribution in [-0.2, 0) is 9.53 Å². The Kier molecular flexibility index (Phi) is 4.23. The molecule has 23 heavy (non-hydrogen) atoms. The van der Waals surface area contributed by atoms with Gasteiger partial charge in [-0.2, -0.15) is 5.26 Å². The van der Waals surface area contributed by atoms with Gasteiger partial charge in [0.2, 0.25) is 0 Å². The predicted molar refractivity (Wildman–Crippen MR) is 89.3 cm³/mol. The number of esters is 1. The molecule has 0 aliphatic heterocycles. The second-order valence-electron chi connectivity index (χ2n) is 8.94. The maximum atomic E-state index is 13.1. The largest absolute Gasteiger partial charge is 0.458 e. The van der Waals surface area contributed by atoms with Crippen molar-refractivity contribution >= 4 is 5.97 Å². The summed E-state index contributed by atoms with van der Waals surface area (Å²) in [4.78, 5) is 13.1. The van der Waals surface area contributed by atoms with Gasteiger partial charge in [-0.3, -0.25) is 4.79 Å². The van der Waals surface area contributed by atoms with Crippen LogP contribution in [0.15, 0.2) is 0 Å². The molecular weight excluding hydrogens is 286 g/mol. The topological polar surface area (TPSA) is 50.1 Å². The molecule has 0 saturated heterocycles. The lowest BCUT2D eigenvalue weighted by molar-refractivity contribution is -0.176. The van der Waals surface area contributed by atoms with E-state index in [1.165, 1.54) is 19.3 Å². The van der Waals surface area contributed by atoms with E-state index < -0.39 is 11.0 Å². The van der Waals surface area contributed by atoms with Crippen LogP contribution in [0.25, 0.3) is 0 Å². The van der Waals surface area contributed by atoms with Gasteiger partial charge in [0.05, 0.1) is 6.07 Å². The number of hydrogen-bond acceptors (Lipinski definition) is 3. The van der Waals surface area contributed by atoms with Crippen molar-refractivity contribution in [2.45, 2.75) is 78.2 Å². The first kappa shape index (κ1) is 16.8. The highest BCUT2D eigenvalue weighted by molar-refractivity contribution is 5.81. The molecule has 0 N–H and O–H groups in total. The molecule has 3 heteroatoms. The molecule has 5 atom stereocenters. The summed E-state index contributed by atoms with van der Waals surface area (Å²) < 4.78 is 6.03. The standard InChI is InChI=1S/C20H31NO2/c1-13-14(2)17-10-15(13)11-20(17,12-21)18(22)23-19(3,4)16-8-6-5-7-9-16/h13-17H,5-11H2,1-4H3. The molecule has 0 aromatic rings. The Balaban J connectivity index is 1.76. The monoisotopic (exact) mass is 317 g/mol. The van der Waals surface area contributed by atoms with Crippen LogP contribution in [-0.4, -0.2) is 11.6 Å². The van der Waals surface area contributed by atoms with Gasteiger partial charge in [0, 0.05) is 0 Å². The molecule has 3 nitrogen and oxygen atoms in total. The highest BCUT2D eigenvalue weighted by Gasteiger charge is 2.63. The second kappa shape index (κ2) is 5.80. The molecule has 0 radical (unpaired) electrons. The maximum Gasteiger partial charge on any atom is 0.327 e. The Hall–Kier alpha value is -1.04. The van der Waals surface area contributed by atoms with Crippen LogP contribution >= 0.6 is 0 Å². The Morgan fingerprint density at radius 3 is 2.35 bits per heavy atom. The fourth-order valence-corrected chi connectivity index (χ4v) is 5.66. The number of carbonyl (C=O) groups is 1. The first-order valence-corrected chi connectivity index (χ1v) is 9.46. The average molecular weight is 317 g/mol. The van der Waals surface area contributed by atoms with Crippen molar-refractivity contribution < 1.29 is 9.53 Å². The quantitative estimate of drug-likeness (QED) is 0.708. The third-order valence-corrected chi connectivity index (χ3v) is 7.49. The van der Waals surface area contributed by atoms with Crippen molar-refractivity contribution in [2.24, 2.45) is 35.0 Å². The Morgan fingerprint density at radius 1 is 1.17 bits per heavy atom. The zero-order chi connectivity index (χ0) is 16.8. The summed E-state index contributed by atoms with van der Waals surface area (Å²) in [6.45, 7) is 8.57. The fraction of sp³-hybridized carbons (Fsp3) is 0.900. The molecule has 0 spiro atoms. The molecule has 0 aromatic carbocycles. The van der Waals surface area contributed by atoms with Crippen LogP contribution in [0.5, 0.6) is 0 Å². The van der Waals surface area contributed by atoms with Crippen LogP contribution < -0.4 is 0 Å².